The molecule has 5 atom stereocenters. The van der Waals surface area contributed by atoms with E-state index < -0.39 is 37.1 Å². The average Bonchev–Trinajstić information content (AvgIpc) is 1.97. The topological polar surface area (TPSA) is 40.5 Å². The molecule has 2 N–H and O–H groups in total. The van der Waals surface area contributed by atoms with Crippen molar-refractivity contribution in [2.45, 2.75) is 37.1 Å². The Kier molecular flexibility index (Phi) is 2.39. The monoisotopic (exact) mass is 170 g/mol. The van der Waals surface area contributed by atoms with Crippen LogP contribution in [-0.4, -0.2) is 40.9 Å². The molecule has 0 bridgehead atoms. The molecule has 1 rings (SSSR count). The number of alkyl halides is 3. The third-order valence-electron chi connectivity index (χ3n) is 1.84. The van der Waals surface area contributed by atoms with E-state index in [1.807, 2.05) is 0 Å². The lowest BCUT2D eigenvalue weighted by molar-refractivity contribution is -0.111. The van der Waals surface area contributed by atoms with Crippen molar-refractivity contribution in [3.05, 3.63) is 0 Å². The molecule has 0 spiro atoms. The fourth-order valence-electron chi connectivity index (χ4n) is 1.10. The summed E-state index contributed by atoms with van der Waals surface area (Å²) in [5, 5.41) is 17.4. The van der Waals surface area contributed by atoms with Crippen molar-refractivity contribution in [2.75, 3.05) is 0 Å². The van der Waals surface area contributed by atoms with Gasteiger partial charge in [0.15, 0.2) is 12.3 Å². The van der Waals surface area contributed by atoms with E-state index in [-0.39, 0.29) is 0 Å². The third kappa shape index (κ3) is 1.49. The molecule has 1 saturated carbocycles. The maximum Gasteiger partial charge on any atom is 0.165 e. The molecule has 1 fully saturated rings. The largest absolute Gasteiger partial charge is 0.390 e. The smallest absolute Gasteiger partial charge is 0.165 e. The molecule has 0 aromatic rings. The van der Waals surface area contributed by atoms with Crippen LogP contribution in [0.15, 0.2) is 0 Å². The normalized spacial score (nSPS) is 52.6. The van der Waals surface area contributed by atoms with Gasteiger partial charge in [0, 0.05) is 6.42 Å². The van der Waals surface area contributed by atoms with Gasteiger partial charge in [-0.3, -0.25) is 0 Å². The van der Waals surface area contributed by atoms with E-state index in [1.165, 1.54) is 0 Å². The van der Waals surface area contributed by atoms with Crippen molar-refractivity contribution in [1.29, 1.82) is 0 Å². The summed E-state index contributed by atoms with van der Waals surface area (Å²) in [5.41, 5.74) is 0. The maximum absolute atomic E-state index is 12.4. The summed E-state index contributed by atoms with van der Waals surface area (Å²) in [5.74, 6) is 0. The van der Waals surface area contributed by atoms with Gasteiger partial charge in [0.1, 0.15) is 12.3 Å². The Labute approximate surface area is 61.6 Å². The van der Waals surface area contributed by atoms with Crippen LogP contribution in [0.3, 0.4) is 0 Å². The van der Waals surface area contributed by atoms with E-state index in [0.717, 1.165) is 0 Å². The van der Waals surface area contributed by atoms with E-state index in [4.69, 9.17) is 10.2 Å². The Balaban J connectivity index is 2.63. The van der Waals surface area contributed by atoms with Crippen molar-refractivity contribution < 1.29 is 23.4 Å². The molecule has 0 amide bonds. The summed E-state index contributed by atoms with van der Waals surface area (Å²) in [6.07, 6.45) is -10.5. The standard InChI is InChI=1S/C6H9F3O2/c7-2-1-3(10)6(11)5(9)4(2)8/h2-6,10-11H,1H2. The first-order chi connectivity index (χ1) is 5.04. The second-order valence-electron chi connectivity index (χ2n) is 2.70. The molecular formula is C6H9F3O2. The van der Waals surface area contributed by atoms with Crippen LogP contribution in [0.2, 0.25) is 0 Å². The van der Waals surface area contributed by atoms with Crippen LogP contribution in [-0.2, 0) is 0 Å². The van der Waals surface area contributed by atoms with Crippen molar-refractivity contribution in [2.24, 2.45) is 0 Å². The van der Waals surface area contributed by atoms with Gasteiger partial charge in [0.05, 0.1) is 6.10 Å². The van der Waals surface area contributed by atoms with E-state index in [1.54, 1.807) is 0 Å². The highest BCUT2D eigenvalue weighted by Crippen LogP contribution is 2.27. The number of hydrogen-bond acceptors (Lipinski definition) is 2. The molecule has 2 nitrogen and oxygen atoms in total. The molecule has 5 heteroatoms. The Morgan fingerprint density at radius 1 is 1.00 bits per heavy atom. The molecule has 0 aromatic carbocycles. The van der Waals surface area contributed by atoms with E-state index in [9.17, 15) is 13.2 Å². The van der Waals surface area contributed by atoms with Crippen LogP contribution in [0.4, 0.5) is 13.2 Å². The summed E-state index contributed by atoms with van der Waals surface area (Å²) in [6.45, 7) is 0. The van der Waals surface area contributed by atoms with Crippen molar-refractivity contribution in [3.8, 4) is 0 Å². The predicted molar refractivity (Wildman–Crippen MR) is 31.3 cm³/mol. The number of hydrogen-bond donors (Lipinski definition) is 2. The van der Waals surface area contributed by atoms with Crippen LogP contribution in [0.5, 0.6) is 0 Å². The summed E-state index contributed by atoms with van der Waals surface area (Å²) in [7, 11) is 0. The molecular weight excluding hydrogens is 161 g/mol. The van der Waals surface area contributed by atoms with Crippen molar-refractivity contribution >= 4 is 0 Å². The zero-order valence-corrected chi connectivity index (χ0v) is 5.62. The minimum absolute atomic E-state index is 0.539. The fourth-order valence-corrected chi connectivity index (χ4v) is 1.10. The minimum atomic E-state index is -2.31. The lowest BCUT2D eigenvalue weighted by Crippen LogP contribution is -2.50. The molecule has 0 aliphatic heterocycles. The lowest BCUT2D eigenvalue weighted by atomic mass is 9.90. The molecule has 11 heavy (non-hydrogen) atoms. The molecule has 1 aliphatic carbocycles. The highest BCUT2D eigenvalue weighted by Gasteiger charge is 2.44. The summed E-state index contributed by atoms with van der Waals surface area (Å²) >= 11 is 0. The van der Waals surface area contributed by atoms with Gasteiger partial charge in [-0.2, -0.15) is 0 Å². The van der Waals surface area contributed by atoms with Crippen LogP contribution in [0.25, 0.3) is 0 Å². The second-order valence-corrected chi connectivity index (χ2v) is 2.70. The minimum Gasteiger partial charge on any atom is -0.390 e. The molecule has 66 valence electrons. The summed E-state index contributed by atoms with van der Waals surface area (Å²) in [6, 6.07) is 0. The highest BCUT2D eigenvalue weighted by molar-refractivity contribution is 4.93. The van der Waals surface area contributed by atoms with Crippen molar-refractivity contribution in [3.63, 3.8) is 0 Å². The SMILES string of the molecule is OC1CC(F)C(F)C(F)C1O. The maximum atomic E-state index is 12.4. The average molecular weight is 170 g/mol. The molecule has 0 saturated heterocycles. The first kappa shape index (κ1) is 8.80. The summed E-state index contributed by atoms with van der Waals surface area (Å²) < 4.78 is 37.2. The third-order valence-corrected chi connectivity index (χ3v) is 1.84. The van der Waals surface area contributed by atoms with Gasteiger partial charge < -0.3 is 10.2 Å². The van der Waals surface area contributed by atoms with Gasteiger partial charge in [0.25, 0.3) is 0 Å². The first-order valence-corrected chi connectivity index (χ1v) is 3.32. The van der Waals surface area contributed by atoms with E-state index in [2.05, 4.69) is 0 Å². The highest BCUT2D eigenvalue weighted by atomic mass is 19.2. The quantitative estimate of drug-likeness (QED) is 0.542. The molecule has 5 unspecified atom stereocenters. The fraction of sp³-hybridized carbons (Fsp3) is 1.00. The Morgan fingerprint density at radius 3 is 2.09 bits per heavy atom. The zero-order valence-electron chi connectivity index (χ0n) is 5.62. The van der Waals surface area contributed by atoms with E-state index >= 15 is 0 Å². The number of rotatable bonds is 0. The van der Waals surface area contributed by atoms with Gasteiger partial charge in [-0.15, -0.1) is 0 Å². The van der Waals surface area contributed by atoms with Crippen LogP contribution in [0, 0.1) is 0 Å². The van der Waals surface area contributed by atoms with Gasteiger partial charge in [-0.1, -0.05) is 0 Å². The van der Waals surface area contributed by atoms with Crippen LogP contribution in [0.1, 0.15) is 6.42 Å². The van der Waals surface area contributed by atoms with Gasteiger partial charge in [-0.25, -0.2) is 13.2 Å². The lowest BCUT2D eigenvalue weighted by Gasteiger charge is -2.31. The van der Waals surface area contributed by atoms with Crippen molar-refractivity contribution in [1.82, 2.24) is 0 Å². The Morgan fingerprint density at radius 2 is 1.55 bits per heavy atom. The Hall–Kier alpha value is -0.290. The van der Waals surface area contributed by atoms with E-state index in [0.29, 0.717) is 0 Å². The number of aliphatic hydroxyl groups excluding tert-OH is 2. The van der Waals surface area contributed by atoms with Gasteiger partial charge >= 0.3 is 0 Å². The molecule has 0 heterocycles. The van der Waals surface area contributed by atoms with Crippen LogP contribution < -0.4 is 0 Å². The zero-order chi connectivity index (χ0) is 8.59. The number of halogens is 3. The van der Waals surface area contributed by atoms with Gasteiger partial charge in [-0.05, 0) is 0 Å². The second kappa shape index (κ2) is 2.98. The molecule has 1 aliphatic rings. The predicted octanol–water partition coefficient (Wildman–Crippen LogP) is 0.126. The van der Waals surface area contributed by atoms with Crippen LogP contribution >= 0.6 is 0 Å². The van der Waals surface area contributed by atoms with Gasteiger partial charge in [0.2, 0.25) is 0 Å². The molecule has 0 aromatic heterocycles. The first-order valence-electron chi connectivity index (χ1n) is 3.32. The molecule has 0 radical (unpaired) electrons. The Bertz CT molecular complexity index is 130. The number of aliphatic hydroxyl groups is 2. The summed E-state index contributed by atoms with van der Waals surface area (Å²) in [4.78, 5) is 0.